The fourth-order valence-electron chi connectivity index (χ4n) is 7.14. The highest BCUT2D eigenvalue weighted by molar-refractivity contribution is 6.36. The SMILES string of the molecule is C=C(Oc1nc(N2CCC[C@@H](O)C2)c2cc(F)c(-c3cc(O)cc4cccc(Cl)c34)c(F)c2n1)[C@@]12CCCN1C[C@H](F)C2. The lowest BCUT2D eigenvalue weighted by atomic mass is 9.92. The summed E-state index contributed by atoms with van der Waals surface area (Å²) in [4.78, 5) is 12.8. The zero-order valence-electron chi connectivity index (χ0n) is 23.3. The maximum Gasteiger partial charge on any atom is 0.324 e. The molecule has 3 saturated heterocycles. The molecule has 43 heavy (non-hydrogen) atoms. The predicted molar refractivity (Wildman–Crippen MR) is 159 cm³/mol. The third-order valence-corrected chi connectivity index (χ3v) is 9.37. The third kappa shape index (κ3) is 4.67. The van der Waals surface area contributed by atoms with E-state index in [-0.39, 0.29) is 64.3 Å². The molecule has 0 spiro atoms. The second-order valence-corrected chi connectivity index (χ2v) is 12.2. The van der Waals surface area contributed by atoms with Crippen molar-refractivity contribution in [1.29, 1.82) is 0 Å². The summed E-state index contributed by atoms with van der Waals surface area (Å²) in [7, 11) is 0. The van der Waals surface area contributed by atoms with Crippen LogP contribution in [0.15, 0.2) is 48.7 Å². The second kappa shape index (κ2) is 10.5. The van der Waals surface area contributed by atoms with E-state index >= 15 is 8.78 Å². The summed E-state index contributed by atoms with van der Waals surface area (Å²) in [5, 5.41) is 22.1. The maximum absolute atomic E-state index is 16.7. The molecule has 0 amide bonds. The number of aliphatic hydroxyl groups is 1. The Balaban J connectivity index is 1.41. The van der Waals surface area contributed by atoms with Gasteiger partial charge in [0.1, 0.15) is 34.8 Å². The minimum atomic E-state index is -1.02. The second-order valence-electron chi connectivity index (χ2n) is 11.8. The summed E-state index contributed by atoms with van der Waals surface area (Å²) < 4.78 is 53.3. The number of hydrogen-bond donors (Lipinski definition) is 2. The molecule has 7 rings (SSSR count). The Morgan fingerprint density at radius 1 is 1.12 bits per heavy atom. The number of nitrogens with zero attached hydrogens (tertiary/aromatic N) is 4. The van der Waals surface area contributed by atoms with Crippen molar-refractivity contribution in [2.45, 2.75) is 49.9 Å². The van der Waals surface area contributed by atoms with Crippen LogP contribution in [-0.4, -0.2) is 69.1 Å². The fraction of sp³-hybridized carbons (Fsp3) is 0.375. The molecule has 3 fully saturated rings. The van der Waals surface area contributed by atoms with Crippen LogP contribution in [0.1, 0.15) is 32.1 Å². The van der Waals surface area contributed by atoms with E-state index in [4.69, 9.17) is 16.3 Å². The molecule has 4 aromatic rings. The number of anilines is 1. The molecular formula is C32H30ClF3N4O3. The number of rotatable bonds is 5. The molecule has 1 aromatic heterocycles. The van der Waals surface area contributed by atoms with Crippen LogP contribution in [0.3, 0.4) is 0 Å². The number of aromatic hydroxyl groups is 1. The van der Waals surface area contributed by atoms with E-state index in [0.29, 0.717) is 36.6 Å². The van der Waals surface area contributed by atoms with Crippen LogP contribution in [0.4, 0.5) is 19.0 Å². The van der Waals surface area contributed by atoms with Gasteiger partial charge in [-0.2, -0.15) is 9.97 Å². The Labute approximate surface area is 251 Å². The number of aliphatic hydroxyl groups excluding tert-OH is 1. The molecule has 3 aliphatic heterocycles. The van der Waals surface area contributed by atoms with Crippen LogP contribution >= 0.6 is 11.6 Å². The van der Waals surface area contributed by atoms with Crippen molar-refractivity contribution in [2.24, 2.45) is 0 Å². The van der Waals surface area contributed by atoms with Crippen molar-refractivity contribution in [1.82, 2.24) is 14.9 Å². The number of alkyl halides is 1. The van der Waals surface area contributed by atoms with Crippen molar-refractivity contribution < 1.29 is 28.1 Å². The van der Waals surface area contributed by atoms with Crippen LogP contribution in [0.2, 0.25) is 5.02 Å². The van der Waals surface area contributed by atoms with Gasteiger partial charge in [-0.1, -0.05) is 30.3 Å². The number of hydrogen-bond acceptors (Lipinski definition) is 7. The van der Waals surface area contributed by atoms with Gasteiger partial charge in [0.15, 0.2) is 5.82 Å². The number of halogens is 4. The minimum Gasteiger partial charge on any atom is -0.508 e. The minimum absolute atomic E-state index is 0.0679. The standard InChI is InChI=1S/C32H30ClF3N4O3/c1-17(32-8-4-10-40(32)15-19(34)14-32)43-31-37-29-23(30(38-31)39-9-3-6-20(41)16-39)13-25(35)27(28(29)36)22-12-21(42)11-18-5-2-7-24(33)26(18)22/h2,5,7,11-13,19-20,41-42H,1,3-4,6,8-10,14-16H2/t19-,20-,32+/m1/s1. The quantitative estimate of drug-likeness (QED) is 0.249. The van der Waals surface area contributed by atoms with Crippen molar-refractivity contribution in [3.8, 4) is 22.9 Å². The van der Waals surface area contributed by atoms with Gasteiger partial charge in [-0.05, 0) is 61.9 Å². The zero-order chi connectivity index (χ0) is 30.0. The average Bonchev–Trinajstić information content (AvgIpc) is 3.50. The number of phenolic OH excluding ortho intramolecular Hbond substituents is 1. The first kappa shape index (κ1) is 28.2. The molecule has 3 aromatic carbocycles. The Hall–Kier alpha value is -3.60. The number of fused-ring (bicyclic) bond motifs is 3. The van der Waals surface area contributed by atoms with Crippen molar-refractivity contribution in [2.75, 3.05) is 31.1 Å². The molecule has 11 heteroatoms. The number of phenols is 1. The van der Waals surface area contributed by atoms with E-state index in [2.05, 4.69) is 16.5 Å². The first-order valence-corrected chi connectivity index (χ1v) is 14.8. The molecule has 0 unspecified atom stereocenters. The van der Waals surface area contributed by atoms with Crippen LogP contribution in [0.5, 0.6) is 11.8 Å². The summed E-state index contributed by atoms with van der Waals surface area (Å²) >= 11 is 6.48. The number of β-amino-alcohol motifs (C(OH)–C–C–N with tert-alkyl or cyclic N) is 1. The van der Waals surface area contributed by atoms with Gasteiger partial charge >= 0.3 is 6.01 Å². The van der Waals surface area contributed by atoms with Gasteiger partial charge in [0, 0.05) is 47.4 Å². The topological polar surface area (TPSA) is 82.0 Å². The summed E-state index contributed by atoms with van der Waals surface area (Å²) in [5.41, 5.74) is -1.25. The van der Waals surface area contributed by atoms with Gasteiger partial charge in [0.2, 0.25) is 0 Å². The smallest absolute Gasteiger partial charge is 0.324 e. The molecule has 2 N–H and O–H groups in total. The van der Waals surface area contributed by atoms with Gasteiger partial charge in [0.25, 0.3) is 0 Å². The van der Waals surface area contributed by atoms with Gasteiger partial charge in [-0.3, -0.25) is 4.90 Å². The molecule has 0 saturated carbocycles. The van der Waals surface area contributed by atoms with E-state index in [0.717, 1.165) is 19.0 Å². The molecule has 3 atom stereocenters. The highest BCUT2D eigenvalue weighted by atomic mass is 35.5. The molecule has 0 bridgehead atoms. The van der Waals surface area contributed by atoms with E-state index in [1.54, 1.807) is 23.1 Å². The highest BCUT2D eigenvalue weighted by Gasteiger charge is 2.52. The Kier molecular flexibility index (Phi) is 6.91. The number of piperidine rings is 1. The van der Waals surface area contributed by atoms with Crippen molar-refractivity contribution in [3.63, 3.8) is 0 Å². The van der Waals surface area contributed by atoms with E-state index in [9.17, 15) is 14.6 Å². The zero-order valence-corrected chi connectivity index (χ0v) is 24.0. The third-order valence-electron chi connectivity index (χ3n) is 9.05. The lowest BCUT2D eigenvalue weighted by molar-refractivity contribution is 0.153. The fourth-order valence-corrected chi connectivity index (χ4v) is 7.42. The summed E-state index contributed by atoms with van der Waals surface area (Å²) in [6, 6.07) is 8.69. The van der Waals surface area contributed by atoms with Crippen LogP contribution in [0, 0.1) is 11.6 Å². The van der Waals surface area contributed by atoms with Crippen molar-refractivity contribution in [3.05, 3.63) is 65.4 Å². The summed E-state index contributed by atoms with van der Waals surface area (Å²) in [6.45, 7) is 5.85. The van der Waals surface area contributed by atoms with Gasteiger partial charge in [0.05, 0.1) is 17.2 Å². The Morgan fingerprint density at radius 3 is 2.77 bits per heavy atom. The van der Waals surface area contributed by atoms with Gasteiger partial charge in [-0.15, -0.1) is 0 Å². The average molecular weight is 611 g/mol. The van der Waals surface area contributed by atoms with Crippen LogP contribution in [0.25, 0.3) is 32.8 Å². The van der Waals surface area contributed by atoms with E-state index in [1.807, 2.05) is 4.90 Å². The number of benzene rings is 3. The molecule has 224 valence electrons. The lowest BCUT2D eigenvalue weighted by Gasteiger charge is -2.33. The predicted octanol–water partition coefficient (Wildman–Crippen LogP) is 6.52. The van der Waals surface area contributed by atoms with E-state index < -0.39 is 35.0 Å². The molecule has 4 heterocycles. The molecule has 0 aliphatic carbocycles. The first-order chi connectivity index (χ1) is 20.6. The van der Waals surface area contributed by atoms with Gasteiger partial charge < -0.3 is 19.8 Å². The van der Waals surface area contributed by atoms with Crippen LogP contribution < -0.4 is 9.64 Å². The molecule has 7 nitrogen and oxygen atoms in total. The molecule has 3 aliphatic rings. The Bertz CT molecular complexity index is 1790. The van der Waals surface area contributed by atoms with Crippen molar-refractivity contribution >= 4 is 39.1 Å². The summed E-state index contributed by atoms with van der Waals surface area (Å²) in [6.07, 6.45) is 1.36. The Morgan fingerprint density at radius 2 is 1.95 bits per heavy atom. The largest absolute Gasteiger partial charge is 0.508 e. The maximum atomic E-state index is 16.7. The first-order valence-electron chi connectivity index (χ1n) is 14.5. The number of ether oxygens (including phenoxy) is 1. The lowest BCUT2D eigenvalue weighted by Crippen LogP contribution is -2.41. The van der Waals surface area contributed by atoms with Crippen LogP contribution in [-0.2, 0) is 0 Å². The van der Waals surface area contributed by atoms with E-state index in [1.165, 1.54) is 12.1 Å². The van der Waals surface area contributed by atoms with Gasteiger partial charge in [-0.25, -0.2) is 13.2 Å². The molecular weight excluding hydrogens is 581 g/mol. The normalized spacial score (nSPS) is 24.2. The molecule has 0 radical (unpaired) electrons. The summed E-state index contributed by atoms with van der Waals surface area (Å²) in [5.74, 6) is -1.56. The monoisotopic (exact) mass is 610 g/mol. The highest BCUT2D eigenvalue weighted by Crippen LogP contribution is 2.46. The number of aromatic nitrogens is 2.